The Labute approximate surface area is 221 Å². The fourth-order valence-corrected chi connectivity index (χ4v) is 2.16. The van der Waals surface area contributed by atoms with Gasteiger partial charge in [0.05, 0.1) is 27.7 Å². The molecule has 222 valence electrons. The lowest BCUT2D eigenvalue weighted by Crippen LogP contribution is -2.36. The quantitative estimate of drug-likeness (QED) is 0.0590. The van der Waals surface area contributed by atoms with Gasteiger partial charge in [-0.25, -0.2) is 0 Å². The van der Waals surface area contributed by atoms with Gasteiger partial charge in [0.15, 0.2) is 5.96 Å². The lowest BCUT2D eigenvalue weighted by Gasteiger charge is -2.21. The third-order valence-electron chi connectivity index (χ3n) is 4.14. The maximum Gasteiger partial charge on any atom is 0.320 e. The number of guanidine groups is 1. The van der Waals surface area contributed by atoms with Crippen LogP contribution in [0, 0.1) is 11.8 Å². The number of carbonyl (C=O) groups is 3. The molecule has 0 radical (unpaired) electrons. The second-order valence-corrected chi connectivity index (χ2v) is 10.3. The van der Waals surface area contributed by atoms with Crippen LogP contribution < -0.4 is 28.7 Å². The van der Waals surface area contributed by atoms with Crippen molar-refractivity contribution in [2.45, 2.75) is 71.5 Å². The van der Waals surface area contributed by atoms with Crippen molar-refractivity contribution in [2.75, 3.05) is 40.8 Å². The Balaban J connectivity index is -0.000000200. The number of rotatable bonds is 13. The molecule has 14 nitrogen and oxygen atoms in total. The lowest BCUT2D eigenvalue weighted by atomic mass is 10.1. The molecule has 14 N–H and O–H groups in total. The van der Waals surface area contributed by atoms with Gasteiger partial charge in [-0.1, -0.05) is 27.7 Å². The number of nitrogens with zero attached hydrogens (tertiary/aromatic N) is 2. The van der Waals surface area contributed by atoms with E-state index < -0.39 is 36.0 Å². The monoisotopic (exact) mass is 540 g/mol. The highest BCUT2D eigenvalue weighted by Gasteiger charge is 2.13. The fourth-order valence-electron chi connectivity index (χ4n) is 2.16. The zero-order valence-electron chi connectivity index (χ0n) is 23.6. The molecule has 0 aromatic carbocycles. The third kappa shape index (κ3) is 40.9. The third-order valence-corrected chi connectivity index (χ3v) is 4.14. The average molecular weight is 541 g/mol. The minimum Gasteiger partial charge on any atom is -0.480 e. The highest BCUT2D eigenvalue weighted by atomic mass is 16.4. The number of quaternary nitrogens is 1. The molecule has 0 saturated carbocycles. The number of aliphatic hydroxyl groups is 1. The van der Waals surface area contributed by atoms with Gasteiger partial charge in [0.25, 0.3) is 0 Å². The van der Waals surface area contributed by atoms with Crippen LogP contribution in [0.2, 0.25) is 0 Å². The van der Waals surface area contributed by atoms with Crippen molar-refractivity contribution >= 4 is 23.9 Å². The minimum absolute atomic E-state index is 0.0129. The Kier molecular flexibility index (Phi) is 26.8. The Morgan fingerprint density at radius 1 is 0.757 bits per heavy atom. The molecule has 14 heteroatoms. The first-order valence-electron chi connectivity index (χ1n) is 12.1. The molecular formula is C23H54N7O7+. The lowest BCUT2D eigenvalue weighted by molar-refractivity contribution is -0.870. The first-order valence-corrected chi connectivity index (χ1v) is 12.1. The molecular weight excluding hydrogens is 486 g/mol. The molecule has 0 aliphatic rings. The molecule has 0 heterocycles. The van der Waals surface area contributed by atoms with Gasteiger partial charge in [0, 0.05) is 6.54 Å². The largest absolute Gasteiger partial charge is 0.480 e. The summed E-state index contributed by atoms with van der Waals surface area (Å²) in [6, 6.07) is -2.20. The topological polar surface area (TPSA) is 275 Å². The number of hydrogen-bond acceptors (Lipinski definition) is 8. The van der Waals surface area contributed by atoms with E-state index in [1.165, 1.54) is 0 Å². The smallest absolute Gasteiger partial charge is 0.320 e. The Morgan fingerprint density at radius 2 is 1.11 bits per heavy atom. The summed E-state index contributed by atoms with van der Waals surface area (Å²) < 4.78 is 0.844. The van der Waals surface area contributed by atoms with E-state index in [4.69, 9.17) is 49.1 Å². The zero-order chi connectivity index (χ0) is 30.4. The molecule has 0 aliphatic heterocycles. The number of aliphatic imine (C=N–C) groups is 1. The van der Waals surface area contributed by atoms with Crippen molar-refractivity contribution in [2.24, 2.45) is 45.5 Å². The van der Waals surface area contributed by atoms with Crippen LogP contribution in [0.15, 0.2) is 4.99 Å². The second-order valence-electron chi connectivity index (χ2n) is 10.3. The van der Waals surface area contributed by atoms with Gasteiger partial charge in [-0.15, -0.1) is 0 Å². The standard InChI is InChI=1S/C6H14N4O2.2C6H13NO2.C5H14NO/c7-4(5(11)12)2-1-3-10-6(8)9;2*1-4(2)3-5(7)6(8)9;1-6(2,3)4-5-7/h4H,1-3,7H2,(H,11,12)(H4,8,9,10);2*4-5H,3,7H2,1-2H3,(H,8,9);7H,4-5H2,1-3H3/q;;;+1. The molecule has 0 spiro atoms. The predicted molar refractivity (Wildman–Crippen MR) is 146 cm³/mol. The number of aliphatic carboxylic acids is 3. The van der Waals surface area contributed by atoms with E-state index in [1.54, 1.807) is 0 Å². The van der Waals surface area contributed by atoms with E-state index in [9.17, 15) is 14.4 Å². The van der Waals surface area contributed by atoms with Gasteiger partial charge >= 0.3 is 17.9 Å². The number of hydrogen-bond donors (Lipinski definition) is 9. The Bertz CT molecular complexity index is 609. The van der Waals surface area contributed by atoms with Crippen molar-refractivity contribution in [3.8, 4) is 0 Å². The highest BCUT2D eigenvalue weighted by molar-refractivity contribution is 5.75. The van der Waals surface area contributed by atoms with Crippen LogP contribution in [-0.4, -0.2) is 108 Å². The van der Waals surface area contributed by atoms with Gasteiger partial charge < -0.3 is 53.6 Å². The van der Waals surface area contributed by atoms with E-state index in [-0.39, 0.29) is 12.6 Å². The van der Waals surface area contributed by atoms with Crippen molar-refractivity contribution < 1.29 is 39.3 Å². The maximum absolute atomic E-state index is 10.2. The summed E-state index contributed by atoms with van der Waals surface area (Å²) in [6.45, 7) is 9.32. The summed E-state index contributed by atoms with van der Waals surface area (Å²) >= 11 is 0. The summed E-state index contributed by atoms with van der Waals surface area (Å²) in [5.41, 5.74) is 25.8. The molecule has 0 rings (SSSR count). The van der Waals surface area contributed by atoms with Crippen LogP contribution in [-0.2, 0) is 14.4 Å². The van der Waals surface area contributed by atoms with Gasteiger partial charge in [0.1, 0.15) is 24.7 Å². The van der Waals surface area contributed by atoms with Crippen LogP contribution in [0.1, 0.15) is 53.4 Å². The number of carboxylic acids is 3. The number of likely N-dealkylation sites (N-methyl/N-ethyl adjacent to an activating group) is 1. The number of carboxylic acid groups (broad SMARTS) is 3. The first-order chi connectivity index (χ1) is 16.7. The van der Waals surface area contributed by atoms with E-state index in [0.717, 1.165) is 11.0 Å². The van der Waals surface area contributed by atoms with Crippen LogP contribution in [0.5, 0.6) is 0 Å². The van der Waals surface area contributed by atoms with Gasteiger partial charge in [-0.3, -0.25) is 19.4 Å². The first kappa shape index (κ1) is 41.6. The molecule has 0 fully saturated rings. The number of nitrogens with two attached hydrogens (primary N) is 5. The number of aliphatic hydroxyl groups excluding tert-OH is 1. The van der Waals surface area contributed by atoms with E-state index in [1.807, 2.05) is 27.7 Å². The fraction of sp³-hybridized carbons (Fsp3) is 0.826. The van der Waals surface area contributed by atoms with Gasteiger partial charge in [-0.05, 0) is 37.5 Å². The van der Waals surface area contributed by atoms with Crippen LogP contribution in [0.3, 0.4) is 0 Å². The zero-order valence-corrected chi connectivity index (χ0v) is 23.6. The average Bonchev–Trinajstić information content (AvgIpc) is 2.70. The Hall–Kier alpha value is -2.52. The molecule has 0 bridgehead atoms. The highest BCUT2D eigenvalue weighted by Crippen LogP contribution is 2.02. The van der Waals surface area contributed by atoms with E-state index in [2.05, 4.69) is 26.1 Å². The second kappa shape index (κ2) is 23.9. The van der Waals surface area contributed by atoms with Crippen molar-refractivity contribution in [3.05, 3.63) is 0 Å². The van der Waals surface area contributed by atoms with Crippen LogP contribution in [0.4, 0.5) is 0 Å². The van der Waals surface area contributed by atoms with Crippen molar-refractivity contribution in [1.82, 2.24) is 0 Å². The maximum atomic E-state index is 10.2. The van der Waals surface area contributed by atoms with E-state index >= 15 is 0 Å². The van der Waals surface area contributed by atoms with Crippen LogP contribution in [0.25, 0.3) is 0 Å². The van der Waals surface area contributed by atoms with Gasteiger partial charge in [0.2, 0.25) is 0 Å². The normalized spacial score (nSPS) is 12.9. The molecule has 3 unspecified atom stereocenters. The molecule has 0 aliphatic carbocycles. The van der Waals surface area contributed by atoms with E-state index in [0.29, 0.717) is 44.1 Å². The molecule has 0 saturated heterocycles. The molecule has 37 heavy (non-hydrogen) atoms. The predicted octanol–water partition coefficient (Wildman–Crippen LogP) is -0.974. The summed E-state index contributed by atoms with van der Waals surface area (Å²) in [7, 11) is 6.16. The summed E-state index contributed by atoms with van der Waals surface area (Å²) in [4.78, 5) is 34.1. The minimum atomic E-state index is -1.00. The van der Waals surface area contributed by atoms with Crippen molar-refractivity contribution in [3.63, 3.8) is 0 Å². The Morgan fingerprint density at radius 3 is 1.27 bits per heavy atom. The van der Waals surface area contributed by atoms with Crippen LogP contribution >= 0.6 is 0 Å². The van der Waals surface area contributed by atoms with Gasteiger partial charge in [-0.2, -0.15) is 0 Å². The SMILES string of the molecule is CC(C)CC(N)C(=O)O.CC(C)CC(N)C(=O)O.C[N+](C)(C)CCO.NC(N)=NCCCC(N)C(=O)O. The summed E-state index contributed by atoms with van der Waals surface area (Å²) in [6.07, 6.45) is 2.06. The summed E-state index contributed by atoms with van der Waals surface area (Å²) in [5, 5.41) is 33.4. The molecule has 0 aromatic heterocycles. The van der Waals surface area contributed by atoms with Crippen molar-refractivity contribution in [1.29, 1.82) is 0 Å². The summed E-state index contributed by atoms with van der Waals surface area (Å²) in [5.74, 6) is -2.10. The molecule has 0 amide bonds. The molecule has 3 atom stereocenters. The molecule has 0 aromatic rings.